The Morgan fingerprint density at radius 3 is 2.34 bits per heavy atom. The highest BCUT2D eigenvalue weighted by atomic mass is 32.2. The van der Waals surface area contributed by atoms with Crippen LogP contribution in [0.4, 0.5) is 11.4 Å². The Hall–Kier alpha value is -3.67. The molecule has 0 amide bonds. The summed E-state index contributed by atoms with van der Waals surface area (Å²) in [6, 6.07) is 17.3. The second kappa shape index (κ2) is 12.7. The van der Waals surface area contributed by atoms with Crippen LogP contribution in [0.1, 0.15) is 11.1 Å². The number of anilines is 1. The Morgan fingerprint density at radius 1 is 1.00 bits per heavy atom. The molecule has 0 aromatic heterocycles. The first-order valence-electron chi connectivity index (χ1n) is 13.8. The van der Waals surface area contributed by atoms with Crippen molar-refractivity contribution >= 4 is 44.0 Å². The van der Waals surface area contributed by atoms with Crippen LogP contribution in [0.25, 0.3) is 10.8 Å². The standard InChI is InChI=1S/C23H24N4O3S.C6H10O7/c1-26(21-10-9-20-22-18(21)3-2-4-19(22)23(24)25-20)15-16-5-7-17(8-6-16)31(28,29)27-11-13-30-14-12-27;7-1-2(8)4(5(10)11)13-6(12)3(1)9/h2-10H,11-15H2,1H3,(H2,24,25);1-4,6-9,12H,(H,10,11)/t;1-,2-,3+,4-,6-/m.0/s1. The molecule has 14 nitrogen and oxygen atoms in total. The fourth-order valence-corrected chi connectivity index (χ4v) is 6.74. The molecule has 3 heterocycles. The number of amidine groups is 1. The van der Waals surface area contributed by atoms with Crippen molar-refractivity contribution in [1.82, 2.24) is 4.31 Å². The lowest BCUT2D eigenvalue weighted by atomic mass is 9.99. The first-order valence-corrected chi connectivity index (χ1v) is 15.2. The predicted molar refractivity (Wildman–Crippen MR) is 159 cm³/mol. The maximum atomic E-state index is 12.8. The van der Waals surface area contributed by atoms with Crippen molar-refractivity contribution in [2.45, 2.75) is 42.1 Å². The third kappa shape index (κ3) is 6.13. The molecule has 7 N–H and O–H groups in total. The zero-order valence-electron chi connectivity index (χ0n) is 23.7. The van der Waals surface area contributed by atoms with Crippen molar-refractivity contribution in [3.8, 4) is 0 Å². The lowest BCUT2D eigenvalue weighted by Gasteiger charge is -2.36. The van der Waals surface area contributed by atoms with E-state index in [9.17, 15) is 13.2 Å². The zero-order valence-corrected chi connectivity index (χ0v) is 24.5. The molecular formula is C29H34N4O10S. The predicted octanol–water partition coefficient (Wildman–Crippen LogP) is -0.282. The van der Waals surface area contributed by atoms with E-state index >= 15 is 0 Å². The number of hydrogen-bond acceptors (Lipinski definition) is 12. The van der Waals surface area contributed by atoms with Crippen LogP contribution < -0.4 is 10.6 Å². The number of rotatable bonds is 6. The topological polar surface area (TPSA) is 216 Å². The van der Waals surface area contributed by atoms with Gasteiger partial charge in [0, 0.05) is 48.7 Å². The molecule has 3 aromatic rings. The minimum atomic E-state index is -3.48. The zero-order chi connectivity index (χ0) is 31.8. The van der Waals surface area contributed by atoms with Crippen LogP contribution in [-0.2, 0) is 30.8 Å². The second-order valence-electron chi connectivity index (χ2n) is 10.6. The first-order chi connectivity index (χ1) is 20.9. The summed E-state index contributed by atoms with van der Waals surface area (Å²) in [4.78, 5) is 17.3. The number of nitrogens with two attached hydrogens (primary N) is 1. The molecule has 0 unspecified atom stereocenters. The van der Waals surface area contributed by atoms with Crippen LogP contribution in [0.5, 0.6) is 0 Å². The van der Waals surface area contributed by atoms with Gasteiger partial charge in [0.25, 0.3) is 0 Å². The molecule has 5 atom stereocenters. The number of nitrogens with zero attached hydrogens (tertiary/aromatic N) is 3. The molecule has 2 saturated heterocycles. The van der Waals surface area contributed by atoms with Gasteiger partial charge in [-0.25, -0.2) is 18.2 Å². The number of benzene rings is 3. The van der Waals surface area contributed by atoms with E-state index in [4.69, 9.17) is 36.0 Å². The first kappa shape index (κ1) is 31.7. The molecule has 2 fully saturated rings. The van der Waals surface area contributed by atoms with Crippen molar-refractivity contribution in [1.29, 1.82) is 0 Å². The summed E-state index contributed by atoms with van der Waals surface area (Å²) >= 11 is 0. The van der Waals surface area contributed by atoms with Gasteiger partial charge < -0.3 is 45.6 Å². The van der Waals surface area contributed by atoms with Crippen LogP contribution in [0.2, 0.25) is 0 Å². The molecule has 15 heteroatoms. The van der Waals surface area contributed by atoms with Gasteiger partial charge in [-0.15, -0.1) is 0 Å². The molecule has 0 spiro atoms. The molecule has 236 valence electrons. The summed E-state index contributed by atoms with van der Waals surface area (Å²) in [5, 5.41) is 46.5. The van der Waals surface area contributed by atoms with E-state index < -0.39 is 46.7 Å². The highest BCUT2D eigenvalue weighted by Crippen LogP contribution is 2.39. The number of aliphatic hydroxyl groups is 4. The summed E-state index contributed by atoms with van der Waals surface area (Å²) in [6.45, 7) is 2.31. The third-order valence-corrected chi connectivity index (χ3v) is 9.62. The summed E-state index contributed by atoms with van der Waals surface area (Å²) in [6.07, 6.45) is -8.72. The van der Waals surface area contributed by atoms with Gasteiger partial charge in [-0.05, 0) is 29.8 Å². The number of carboxylic acid groups (broad SMARTS) is 1. The minimum Gasteiger partial charge on any atom is -0.479 e. The maximum absolute atomic E-state index is 12.8. The van der Waals surface area contributed by atoms with Gasteiger partial charge in [-0.3, -0.25) is 0 Å². The molecule has 6 rings (SSSR count). The molecule has 0 saturated carbocycles. The lowest BCUT2D eigenvalue weighted by molar-refractivity contribution is -0.279. The molecule has 3 aliphatic heterocycles. The highest BCUT2D eigenvalue weighted by molar-refractivity contribution is 7.89. The number of carbonyl (C=O) groups is 1. The number of aliphatic hydroxyl groups excluding tert-OH is 4. The Morgan fingerprint density at radius 2 is 1.68 bits per heavy atom. The number of ether oxygens (including phenoxy) is 2. The van der Waals surface area contributed by atoms with Gasteiger partial charge in [-0.2, -0.15) is 4.31 Å². The van der Waals surface area contributed by atoms with Crippen LogP contribution in [0, 0.1) is 0 Å². The molecule has 0 radical (unpaired) electrons. The van der Waals surface area contributed by atoms with E-state index in [2.05, 4.69) is 26.8 Å². The van der Waals surface area contributed by atoms with Crippen molar-refractivity contribution in [2.75, 3.05) is 38.3 Å². The van der Waals surface area contributed by atoms with Gasteiger partial charge in [0.15, 0.2) is 12.4 Å². The summed E-state index contributed by atoms with van der Waals surface area (Å²) in [5.41, 5.74) is 10.1. The fourth-order valence-electron chi connectivity index (χ4n) is 5.33. The molecule has 3 aromatic carbocycles. The fraction of sp³-hybridized carbons (Fsp3) is 0.379. The van der Waals surface area contributed by atoms with Crippen LogP contribution >= 0.6 is 0 Å². The van der Waals surface area contributed by atoms with E-state index in [0.29, 0.717) is 43.6 Å². The Kier molecular flexibility index (Phi) is 9.20. The third-order valence-electron chi connectivity index (χ3n) is 7.71. The Balaban J connectivity index is 0.000000249. The van der Waals surface area contributed by atoms with Gasteiger partial charge in [0.05, 0.1) is 23.8 Å². The normalized spacial score (nSPS) is 25.2. The van der Waals surface area contributed by atoms with Gasteiger partial charge in [0.2, 0.25) is 10.0 Å². The van der Waals surface area contributed by atoms with Crippen molar-refractivity contribution in [3.05, 3.63) is 65.7 Å². The summed E-state index contributed by atoms with van der Waals surface area (Å²) in [7, 11) is -1.45. The van der Waals surface area contributed by atoms with Crippen LogP contribution in [0.3, 0.4) is 0 Å². The molecule has 3 aliphatic rings. The SMILES string of the molecule is CN(Cc1ccc(S(=O)(=O)N2CCOCC2)cc1)c1ccc2c3c(cccc13)C(N)=N2.O=C(O)[C@H]1O[C@H](O)[C@H](O)[C@@H](O)[C@@H]1O. The summed E-state index contributed by atoms with van der Waals surface area (Å²) < 4.78 is 36.7. The van der Waals surface area contributed by atoms with E-state index in [0.717, 1.165) is 33.3 Å². The van der Waals surface area contributed by atoms with Crippen molar-refractivity contribution in [2.24, 2.45) is 10.7 Å². The summed E-state index contributed by atoms with van der Waals surface area (Å²) in [5.74, 6) is -0.963. The number of morpholine rings is 1. The minimum absolute atomic E-state index is 0.318. The number of aliphatic carboxylic acids is 1. The van der Waals surface area contributed by atoms with E-state index in [-0.39, 0.29) is 0 Å². The lowest BCUT2D eigenvalue weighted by Crippen LogP contribution is -2.59. The van der Waals surface area contributed by atoms with Gasteiger partial charge in [0.1, 0.15) is 24.1 Å². The quantitative estimate of drug-likeness (QED) is 0.207. The largest absolute Gasteiger partial charge is 0.479 e. The number of hydrogen-bond donors (Lipinski definition) is 6. The van der Waals surface area contributed by atoms with Crippen molar-refractivity contribution in [3.63, 3.8) is 0 Å². The van der Waals surface area contributed by atoms with E-state index in [1.165, 1.54) is 4.31 Å². The van der Waals surface area contributed by atoms with E-state index in [1.54, 1.807) is 12.1 Å². The Labute approximate surface area is 253 Å². The average molecular weight is 631 g/mol. The maximum Gasteiger partial charge on any atom is 0.335 e. The molecule has 44 heavy (non-hydrogen) atoms. The molecule has 0 aliphatic carbocycles. The Bertz CT molecular complexity index is 1660. The van der Waals surface area contributed by atoms with Crippen LogP contribution in [-0.4, -0.2) is 114 Å². The van der Waals surface area contributed by atoms with Gasteiger partial charge in [-0.1, -0.05) is 30.3 Å². The average Bonchev–Trinajstić information content (AvgIpc) is 3.35. The molecular weight excluding hydrogens is 596 g/mol. The van der Waals surface area contributed by atoms with Crippen LogP contribution in [0.15, 0.2) is 64.5 Å². The monoisotopic (exact) mass is 630 g/mol. The number of aliphatic imine (C=N–C) groups is 1. The van der Waals surface area contributed by atoms with Crippen molar-refractivity contribution < 1.29 is 48.2 Å². The van der Waals surface area contributed by atoms with Gasteiger partial charge >= 0.3 is 5.97 Å². The molecule has 0 bridgehead atoms. The number of sulfonamides is 1. The second-order valence-corrected chi connectivity index (χ2v) is 12.5. The highest BCUT2D eigenvalue weighted by Gasteiger charge is 2.46. The smallest absolute Gasteiger partial charge is 0.335 e. The number of carboxylic acids is 1. The van der Waals surface area contributed by atoms with E-state index in [1.807, 2.05) is 37.4 Å².